The lowest BCUT2D eigenvalue weighted by atomic mass is 9.97. The average molecular weight is 235 g/mol. The number of ether oxygens (including phenoxy) is 1. The first-order valence-electron chi connectivity index (χ1n) is 5.74. The van der Waals surface area contributed by atoms with E-state index in [2.05, 4.69) is 9.88 Å². The predicted molar refractivity (Wildman–Crippen MR) is 65.6 cm³/mol. The highest BCUT2D eigenvalue weighted by atomic mass is 16.5. The normalized spacial score (nSPS) is 20.1. The lowest BCUT2D eigenvalue weighted by Gasteiger charge is -2.33. The number of pyridine rings is 1. The Labute approximate surface area is 101 Å². The van der Waals surface area contributed by atoms with Crippen LogP contribution in [0.1, 0.15) is 12.8 Å². The van der Waals surface area contributed by atoms with Crippen LogP contribution in [0, 0.1) is 5.92 Å². The molecule has 0 radical (unpaired) electrons. The molecule has 1 saturated heterocycles. The van der Waals surface area contributed by atoms with Crippen LogP contribution < -0.4 is 10.6 Å². The molecule has 1 aliphatic rings. The molecular weight excluding hydrogens is 218 g/mol. The molecule has 0 amide bonds. The second kappa shape index (κ2) is 5.03. The van der Waals surface area contributed by atoms with Crippen molar-refractivity contribution < 1.29 is 9.53 Å². The standard InChI is InChI=1S/C12H17N3O2/c1-17-12(16)9-3-2-6-15(8-9)11-4-5-14-7-10(11)13/h4-5,7,9H,2-3,6,8,13H2,1H3. The monoisotopic (exact) mass is 235 g/mol. The fourth-order valence-corrected chi connectivity index (χ4v) is 2.24. The van der Waals surface area contributed by atoms with Crippen LogP contribution in [-0.2, 0) is 9.53 Å². The molecule has 1 aromatic rings. The maximum atomic E-state index is 11.5. The topological polar surface area (TPSA) is 68.5 Å². The lowest BCUT2D eigenvalue weighted by Crippen LogP contribution is -2.39. The Morgan fingerprint density at radius 1 is 1.65 bits per heavy atom. The molecule has 92 valence electrons. The van der Waals surface area contributed by atoms with Gasteiger partial charge in [-0.25, -0.2) is 0 Å². The van der Waals surface area contributed by atoms with Gasteiger partial charge in [-0.2, -0.15) is 0 Å². The minimum absolute atomic E-state index is 0.0543. The molecule has 2 heterocycles. The summed E-state index contributed by atoms with van der Waals surface area (Å²) in [6, 6.07) is 1.88. The molecule has 0 saturated carbocycles. The molecule has 2 rings (SSSR count). The van der Waals surface area contributed by atoms with Crippen molar-refractivity contribution in [1.82, 2.24) is 4.98 Å². The minimum Gasteiger partial charge on any atom is -0.469 e. The molecule has 0 aromatic carbocycles. The number of hydrogen-bond donors (Lipinski definition) is 1. The number of carbonyl (C=O) groups is 1. The molecule has 1 aliphatic heterocycles. The Balaban J connectivity index is 2.12. The highest BCUT2D eigenvalue weighted by Crippen LogP contribution is 2.27. The van der Waals surface area contributed by atoms with Gasteiger partial charge in [-0.05, 0) is 18.9 Å². The van der Waals surface area contributed by atoms with Gasteiger partial charge in [-0.1, -0.05) is 0 Å². The van der Waals surface area contributed by atoms with E-state index in [0.29, 0.717) is 12.2 Å². The minimum atomic E-state index is -0.137. The highest BCUT2D eigenvalue weighted by Gasteiger charge is 2.27. The van der Waals surface area contributed by atoms with Gasteiger partial charge in [0.25, 0.3) is 0 Å². The van der Waals surface area contributed by atoms with Gasteiger partial charge in [0.2, 0.25) is 0 Å². The fourth-order valence-electron chi connectivity index (χ4n) is 2.24. The van der Waals surface area contributed by atoms with Gasteiger partial charge in [-0.15, -0.1) is 0 Å². The Bertz CT molecular complexity index is 408. The molecular formula is C12H17N3O2. The number of methoxy groups -OCH3 is 1. The zero-order valence-corrected chi connectivity index (χ0v) is 9.93. The van der Waals surface area contributed by atoms with Gasteiger partial charge in [-0.3, -0.25) is 9.78 Å². The van der Waals surface area contributed by atoms with Crippen LogP contribution in [0.2, 0.25) is 0 Å². The number of nitrogen functional groups attached to an aromatic ring is 1. The smallest absolute Gasteiger partial charge is 0.310 e. The summed E-state index contributed by atoms with van der Waals surface area (Å²) < 4.78 is 4.79. The van der Waals surface area contributed by atoms with Crippen molar-refractivity contribution in [2.45, 2.75) is 12.8 Å². The second-order valence-corrected chi connectivity index (χ2v) is 4.24. The van der Waals surface area contributed by atoms with Crippen LogP contribution >= 0.6 is 0 Å². The summed E-state index contributed by atoms with van der Waals surface area (Å²) in [5, 5.41) is 0. The maximum absolute atomic E-state index is 11.5. The summed E-state index contributed by atoms with van der Waals surface area (Å²) in [6.45, 7) is 1.59. The van der Waals surface area contributed by atoms with Crippen LogP contribution in [0.25, 0.3) is 0 Å². The highest BCUT2D eigenvalue weighted by molar-refractivity contribution is 5.74. The van der Waals surface area contributed by atoms with E-state index in [0.717, 1.165) is 25.1 Å². The van der Waals surface area contributed by atoms with Crippen molar-refractivity contribution >= 4 is 17.3 Å². The molecule has 17 heavy (non-hydrogen) atoms. The Morgan fingerprint density at radius 2 is 2.47 bits per heavy atom. The molecule has 0 bridgehead atoms. The number of aromatic nitrogens is 1. The van der Waals surface area contributed by atoms with Crippen molar-refractivity contribution in [3.05, 3.63) is 18.5 Å². The summed E-state index contributed by atoms with van der Waals surface area (Å²) in [7, 11) is 1.43. The third-order valence-corrected chi connectivity index (χ3v) is 3.12. The summed E-state index contributed by atoms with van der Waals surface area (Å²) in [6.07, 6.45) is 5.21. The molecule has 0 spiro atoms. The van der Waals surface area contributed by atoms with E-state index in [9.17, 15) is 4.79 Å². The molecule has 5 nitrogen and oxygen atoms in total. The predicted octanol–water partition coefficient (Wildman–Crippen LogP) is 1.05. The zero-order valence-electron chi connectivity index (χ0n) is 9.93. The van der Waals surface area contributed by atoms with E-state index in [-0.39, 0.29) is 11.9 Å². The quantitative estimate of drug-likeness (QED) is 0.776. The third-order valence-electron chi connectivity index (χ3n) is 3.12. The summed E-state index contributed by atoms with van der Waals surface area (Å²) >= 11 is 0. The molecule has 1 unspecified atom stereocenters. The van der Waals surface area contributed by atoms with E-state index in [1.54, 1.807) is 12.4 Å². The lowest BCUT2D eigenvalue weighted by molar-refractivity contribution is -0.145. The fraction of sp³-hybridized carbons (Fsp3) is 0.500. The van der Waals surface area contributed by atoms with Crippen LogP contribution in [0.15, 0.2) is 18.5 Å². The summed E-state index contributed by atoms with van der Waals surface area (Å²) in [5.74, 6) is -0.191. The molecule has 1 atom stereocenters. The number of anilines is 2. The van der Waals surface area contributed by atoms with Crippen molar-refractivity contribution in [1.29, 1.82) is 0 Å². The van der Waals surface area contributed by atoms with Gasteiger partial charge >= 0.3 is 5.97 Å². The number of hydrogen-bond acceptors (Lipinski definition) is 5. The Morgan fingerprint density at radius 3 is 3.18 bits per heavy atom. The molecule has 2 N–H and O–H groups in total. The van der Waals surface area contributed by atoms with Gasteiger partial charge in [0, 0.05) is 19.3 Å². The second-order valence-electron chi connectivity index (χ2n) is 4.24. The maximum Gasteiger partial charge on any atom is 0.310 e. The first-order valence-corrected chi connectivity index (χ1v) is 5.74. The van der Waals surface area contributed by atoms with Crippen LogP contribution in [-0.4, -0.2) is 31.2 Å². The van der Waals surface area contributed by atoms with Crippen LogP contribution in [0.4, 0.5) is 11.4 Å². The Hall–Kier alpha value is -1.78. The van der Waals surface area contributed by atoms with E-state index in [1.807, 2.05) is 6.07 Å². The van der Waals surface area contributed by atoms with Crippen molar-refractivity contribution in [3.8, 4) is 0 Å². The van der Waals surface area contributed by atoms with E-state index >= 15 is 0 Å². The molecule has 5 heteroatoms. The number of piperidine rings is 1. The number of nitrogens with two attached hydrogens (primary N) is 1. The van der Waals surface area contributed by atoms with Gasteiger partial charge in [0.1, 0.15) is 0 Å². The number of rotatable bonds is 2. The summed E-state index contributed by atoms with van der Waals surface area (Å²) in [5.41, 5.74) is 7.49. The van der Waals surface area contributed by atoms with Crippen molar-refractivity contribution in [2.24, 2.45) is 5.92 Å². The largest absolute Gasteiger partial charge is 0.469 e. The van der Waals surface area contributed by atoms with E-state index < -0.39 is 0 Å². The number of nitrogens with zero attached hydrogens (tertiary/aromatic N) is 2. The van der Waals surface area contributed by atoms with Gasteiger partial charge < -0.3 is 15.4 Å². The first kappa shape index (κ1) is 11.7. The van der Waals surface area contributed by atoms with Crippen molar-refractivity contribution in [3.63, 3.8) is 0 Å². The average Bonchev–Trinajstić information content (AvgIpc) is 2.38. The molecule has 1 aromatic heterocycles. The van der Waals surface area contributed by atoms with E-state index in [4.69, 9.17) is 10.5 Å². The SMILES string of the molecule is COC(=O)C1CCCN(c2ccncc2N)C1. The molecule has 1 fully saturated rings. The van der Waals surface area contributed by atoms with Crippen LogP contribution in [0.3, 0.4) is 0 Å². The van der Waals surface area contributed by atoms with Crippen molar-refractivity contribution in [2.75, 3.05) is 30.8 Å². The van der Waals surface area contributed by atoms with Gasteiger partial charge in [0.15, 0.2) is 0 Å². The van der Waals surface area contributed by atoms with Gasteiger partial charge in [0.05, 0.1) is 30.6 Å². The number of esters is 1. The summed E-state index contributed by atoms with van der Waals surface area (Å²) in [4.78, 5) is 17.6. The Kier molecular flexibility index (Phi) is 3.46. The molecule has 0 aliphatic carbocycles. The zero-order chi connectivity index (χ0) is 12.3. The third kappa shape index (κ3) is 2.49. The van der Waals surface area contributed by atoms with Crippen LogP contribution in [0.5, 0.6) is 0 Å². The number of carbonyl (C=O) groups excluding carboxylic acids is 1. The van der Waals surface area contributed by atoms with E-state index in [1.165, 1.54) is 7.11 Å². The first-order chi connectivity index (χ1) is 8.22.